The number of benzene rings is 3. The lowest BCUT2D eigenvalue weighted by molar-refractivity contribution is -0.385. The Kier molecular flexibility index (Phi) is 7.04. The van der Waals surface area contributed by atoms with E-state index < -0.39 is 20.9 Å². The Balaban J connectivity index is 1.64. The van der Waals surface area contributed by atoms with Gasteiger partial charge in [0, 0.05) is 36.1 Å². The molecule has 33 heavy (non-hydrogen) atoms. The van der Waals surface area contributed by atoms with E-state index in [1.165, 1.54) is 54.4 Å². The van der Waals surface area contributed by atoms with Gasteiger partial charge in [-0.15, -0.1) is 0 Å². The highest BCUT2D eigenvalue weighted by Gasteiger charge is 2.19. The zero-order valence-electron chi connectivity index (χ0n) is 17.5. The highest BCUT2D eigenvalue weighted by atomic mass is 32.2. The van der Waals surface area contributed by atoms with Crippen molar-refractivity contribution in [2.24, 2.45) is 0 Å². The summed E-state index contributed by atoms with van der Waals surface area (Å²) in [5.74, 6) is -0.787. The van der Waals surface area contributed by atoms with Crippen LogP contribution in [0, 0.1) is 10.1 Å². The first-order valence-electron chi connectivity index (χ1n) is 9.63. The molecule has 3 rings (SSSR count). The summed E-state index contributed by atoms with van der Waals surface area (Å²) in [6.45, 7) is -0.172. The molecule has 0 heterocycles. The predicted octanol–water partition coefficient (Wildman–Crippen LogP) is 3.11. The van der Waals surface area contributed by atoms with Gasteiger partial charge in [-0.3, -0.25) is 24.4 Å². The van der Waals surface area contributed by atoms with Gasteiger partial charge in [0.2, 0.25) is 5.91 Å². The highest BCUT2D eigenvalue weighted by Crippen LogP contribution is 2.21. The average Bonchev–Trinajstić information content (AvgIpc) is 2.79. The summed E-state index contributed by atoms with van der Waals surface area (Å²) in [6, 6.07) is 19.1. The zero-order chi connectivity index (χ0) is 24.0. The third-order valence-electron chi connectivity index (χ3n) is 4.51. The summed E-state index contributed by atoms with van der Waals surface area (Å²) in [5.41, 5.74) is 0.688. The first-order chi connectivity index (χ1) is 15.7. The van der Waals surface area contributed by atoms with E-state index in [0.717, 1.165) is 6.07 Å². The molecule has 3 aromatic carbocycles. The van der Waals surface area contributed by atoms with Crippen LogP contribution in [0.5, 0.6) is 0 Å². The third kappa shape index (κ3) is 6.14. The van der Waals surface area contributed by atoms with E-state index in [2.05, 4.69) is 10.0 Å². The van der Waals surface area contributed by atoms with Crippen molar-refractivity contribution in [2.75, 3.05) is 23.6 Å². The summed E-state index contributed by atoms with van der Waals surface area (Å²) < 4.78 is 27.4. The standard InChI is InChI=1S/C22H20N4O6S/c1-25(15-21(27)23-17-6-3-2-4-7-17)22(28)16-10-12-18(13-11-16)24-33(31,32)20-9-5-8-19(14-20)26(29)30/h2-14,24H,15H2,1H3,(H,23,27). The van der Waals surface area contributed by atoms with Crippen LogP contribution in [0.25, 0.3) is 0 Å². The molecule has 0 unspecified atom stereocenters. The molecular formula is C22H20N4O6S. The van der Waals surface area contributed by atoms with Gasteiger partial charge in [0.25, 0.3) is 21.6 Å². The van der Waals surface area contributed by atoms with E-state index in [1.807, 2.05) is 6.07 Å². The van der Waals surface area contributed by atoms with Gasteiger partial charge in [-0.1, -0.05) is 24.3 Å². The first-order valence-corrected chi connectivity index (χ1v) is 11.1. The molecule has 0 aromatic heterocycles. The quantitative estimate of drug-likeness (QED) is 0.385. The van der Waals surface area contributed by atoms with Crippen molar-refractivity contribution in [2.45, 2.75) is 4.90 Å². The second-order valence-electron chi connectivity index (χ2n) is 7.01. The van der Waals surface area contributed by atoms with Crippen LogP contribution in [-0.4, -0.2) is 43.6 Å². The van der Waals surface area contributed by atoms with E-state index in [1.54, 1.807) is 24.3 Å². The van der Waals surface area contributed by atoms with Crippen molar-refractivity contribution in [3.63, 3.8) is 0 Å². The molecule has 0 aliphatic heterocycles. The van der Waals surface area contributed by atoms with Crippen LogP contribution >= 0.6 is 0 Å². The maximum absolute atomic E-state index is 12.6. The van der Waals surface area contributed by atoms with Gasteiger partial charge in [0.15, 0.2) is 0 Å². The fourth-order valence-electron chi connectivity index (χ4n) is 2.89. The number of amides is 2. The van der Waals surface area contributed by atoms with Crippen LogP contribution in [0.4, 0.5) is 17.1 Å². The molecule has 170 valence electrons. The number of nitrogens with one attached hydrogen (secondary N) is 2. The lowest BCUT2D eigenvalue weighted by atomic mass is 10.2. The Morgan fingerprint density at radius 2 is 1.61 bits per heavy atom. The highest BCUT2D eigenvalue weighted by molar-refractivity contribution is 7.92. The molecule has 0 atom stereocenters. The number of hydrogen-bond acceptors (Lipinski definition) is 6. The molecule has 0 saturated heterocycles. The smallest absolute Gasteiger partial charge is 0.270 e. The van der Waals surface area contributed by atoms with Crippen molar-refractivity contribution in [1.82, 2.24) is 4.90 Å². The normalized spacial score (nSPS) is 10.8. The minimum Gasteiger partial charge on any atom is -0.332 e. The molecule has 0 saturated carbocycles. The van der Waals surface area contributed by atoms with Crippen molar-refractivity contribution >= 4 is 38.9 Å². The number of hydrogen-bond donors (Lipinski definition) is 2. The van der Waals surface area contributed by atoms with E-state index in [4.69, 9.17) is 0 Å². The fourth-order valence-corrected chi connectivity index (χ4v) is 3.99. The monoisotopic (exact) mass is 468 g/mol. The van der Waals surface area contributed by atoms with Crippen molar-refractivity contribution < 1.29 is 22.9 Å². The predicted molar refractivity (Wildman–Crippen MR) is 122 cm³/mol. The molecule has 0 bridgehead atoms. The third-order valence-corrected chi connectivity index (χ3v) is 5.89. The Morgan fingerprint density at radius 1 is 0.939 bits per heavy atom. The van der Waals surface area contributed by atoms with E-state index in [-0.39, 0.29) is 34.3 Å². The van der Waals surface area contributed by atoms with Gasteiger partial charge in [0.05, 0.1) is 16.4 Å². The summed E-state index contributed by atoms with van der Waals surface area (Å²) in [4.78, 5) is 35.9. The minimum atomic E-state index is -4.07. The van der Waals surface area contributed by atoms with Gasteiger partial charge in [-0.25, -0.2) is 8.42 Å². The van der Waals surface area contributed by atoms with Crippen LogP contribution < -0.4 is 10.0 Å². The number of para-hydroxylation sites is 1. The number of carbonyl (C=O) groups excluding carboxylic acids is 2. The number of sulfonamides is 1. The lowest BCUT2D eigenvalue weighted by Gasteiger charge is -2.17. The van der Waals surface area contributed by atoms with Gasteiger partial charge >= 0.3 is 0 Å². The molecule has 0 spiro atoms. The maximum Gasteiger partial charge on any atom is 0.270 e. The Bertz CT molecular complexity index is 1280. The Morgan fingerprint density at radius 3 is 2.24 bits per heavy atom. The van der Waals surface area contributed by atoms with E-state index >= 15 is 0 Å². The number of rotatable bonds is 8. The minimum absolute atomic E-state index is 0.169. The number of non-ortho nitro benzene ring substituents is 1. The lowest BCUT2D eigenvalue weighted by Crippen LogP contribution is -2.34. The van der Waals surface area contributed by atoms with Crippen molar-refractivity contribution in [3.8, 4) is 0 Å². The summed E-state index contributed by atoms with van der Waals surface area (Å²) >= 11 is 0. The SMILES string of the molecule is CN(CC(=O)Nc1ccccc1)C(=O)c1ccc(NS(=O)(=O)c2cccc([N+](=O)[O-])c2)cc1. The van der Waals surface area contributed by atoms with Gasteiger partial charge in [-0.2, -0.15) is 0 Å². The van der Waals surface area contributed by atoms with Gasteiger partial charge in [0.1, 0.15) is 0 Å². The van der Waals surface area contributed by atoms with Crippen LogP contribution in [0.3, 0.4) is 0 Å². The topological polar surface area (TPSA) is 139 Å². The summed E-state index contributed by atoms with van der Waals surface area (Å²) in [6.07, 6.45) is 0. The molecule has 11 heteroatoms. The van der Waals surface area contributed by atoms with E-state index in [9.17, 15) is 28.1 Å². The second-order valence-corrected chi connectivity index (χ2v) is 8.70. The average molecular weight is 468 g/mol. The summed E-state index contributed by atoms with van der Waals surface area (Å²) in [7, 11) is -2.59. The Hall–Kier alpha value is -4.25. The van der Waals surface area contributed by atoms with Crippen LogP contribution in [-0.2, 0) is 14.8 Å². The number of nitro groups is 1. The zero-order valence-corrected chi connectivity index (χ0v) is 18.3. The number of nitrogens with zero attached hydrogens (tertiary/aromatic N) is 2. The number of anilines is 2. The van der Waals surface area contributed by atoms with Crippen molar-refractivity contribution in [3.05, 3.63) is 94.5 Å². The van der Waals surface area contributed by atoms with Crippen LogP contribution in [0.15, 0.2) is 83.8 Å². The van der Waals surface area contributed by atoms with Gasteiger partial charge in [-0.05, 0) is 42.5 Å². The second kappa shape index (κ2) is 9.92. The maximum atomic E-state index is 12.6. The molecule has 0 radical (unpaired) electrons. The molecular weight excluding hydrogens is 448 g/mol. The number of likely N-dealkylation sites (N-methyl/N-ethyl adjacent to an activating group) is 1. The number of nitro benzene ring substituents is 1. The molecule has 3 aromatic rings. The molecule has 0 fully saturated rings. The van der Waals surface area contributed by atoms with Crippen LogP contribution in [0.1, 0.15) is 10.4 Å². The molecule has 0 aliphatic rings. The first kappa shape index (κ1) is 23.4. The summed E-state index contributed by atoms with van der Waals surface area (Å²) in [5, 5.41) is 13.6. The van der Waals surface area contributed by atoms with Crippen LogP contribution in [0.2, 0.25) is 0 Å². The van der Waals surface area contributed by atoms with Gasteiger partial charge < -0.3 is 10.2 Å². The fraction of sp³-hybridized carbons (Fsp3) is 0.0909. The van der Waals surface area contributed by atoms with Crippen molar-refractivity contribution in [1.29, 1.82) is 0 Å². The number of carbonyl (C=O) groups is 2. The largest absolute Gasteiger partial charge is 0.332 e. The molecule has 2 amide bonds. The molecule has 10 nitrogen and oxygen atoms in total. The molecule has 0 aliphatic carbocycles. The Labute approximate surface area is 190 Å². The van der Waals surface area contributed by atoms with E-state index in [0.29, 0.717) is 5.69 Å². The molecule has 2 N–H and O–H groups in total.